The summed E-state index contributed by atoms with van der Waals surface area (Å²) in [5, 5.41) is 0. The average Bonchev–Trinajstić information content (AvgIpc) is 2.82. The van der Waals surface area contributed by atoms with Gasteiger partial charge >= 0.3 is 5.97 Å². The largest absolute Gasteiger partial charge is 0.497 e. The molecule has 0 N–H and O–H groups in total. The Labute approximate surface area is 187 Å². The van der Waals surface area contributed by atoms with Gasteiger partial charge in [-0.05, 0) is 31.2 Å². The number of hydrogen-bond donors (Lipinski definition) is 0. The quantitative estimate of drug-likeness (QED) is 0.577. The lowest BCUT2D eigenvalue weighted by Gasteiger charge is -2.33. The van der Waals surface area contributed by atoms with Crippen LogP contribution >= 0.6 is 0 Å². The number of aryl methyl sites for hydroxylation is 1. The molecule has 0 atom stereocenters. The summed E-state index contributed by atoms with van der Waals surface area (Å²) in [6.45, 7) is 2.21. The van der Waals surface area contributed by atoms with Crippen molar-refractivity contribution >= 4 is 21.9 Å². The maximum absolute atomic E-state index is 12.8. The summed E-state index contributed by atoms with van der Waals surface area (Å²) in [5.74, 6) is -0.290. The molecule has 9 nitrogen and oxygen atoms in total. The molecular formula is C22H26N2O7S. The second kappa shape index (κ2) is 10.0. The zero-order valence-corrected chi connectivity index (χ0v) is 19.1. The number of sulfonamides is 1. The summed E-state index contributed by atoms with van der Waals surface area (Å²) in [6.07, 6.45) is 0. The highest BCUT2D eigenvalue weighted by atomic mass is 32.2. The number of benzene rings is 2. The van der Waals surface area contributed by atoms with E-state index < -0.39 is 28.5 Å². The Kier molecular flexibility index (Phi) is 7.37. The molecule has 1 heterocycles. The number of esters is 1. The van der Waals surface area contributed by atoms with Crippen molar-refractivity contribution in [1.82, 2.24) is 9.21 Å². The van der Waals surface area contributed by atoms with Crippen LogP contribution in [-0.4, -0.2) is 76.5 Å². The number of piperazine rings is 1. The van der Waals surface area contributed by atoms with E-state index in [9.17, 15) is 18.0 Å². The van der Waals surface area contributed by atoms with Gasteiger partial charge in [0.15, 0.2) is 6.61 Å². The van der Waals surface area contributed by atoms with Crippen molar-refractivity contribution in [2.45, 2.75) is 11.8 Å². The fourth-order valence-electron chi connectivity index (χ4n) is 3.30. The Morgan fingerprint density at radius 2 is 1.59 bits per heavy atom. The van der Waals surface area contributed by atoms with Gasteiger partial charge in [-0.15, -0.1) is 0 Å². The number of amides is 1. The van der Waals surface area contributed by atoms with E-state index >= 15 is 0 Å². The first-order valence-electron chi connectivity index (χ1n) is 10.00. The molecule has 2 aromatic carbocycles. The van der Waals surface area contributed by atoms with Crippen LogP contribution in [0.15, 0.2) is 47.4 Å². The third-order valence-corrected chi connectivity index (χ3v) is 7.12. The smallest absolute Gasteiger partial charge is 0.342 e. The minimum Gasteiger partial charge on any atom is -0.497 e. The summed E-state index contributed by atoms with van der Waals surface area (Å²) in [5.41, 5.74) is 1.15. The molecular weight excluding hydrogens is 436 g/mol. The molecule has 1 fully saturated rings. The van der Waals surface area contributed by atoms with E-state index in [-0.39, 0.29) is 42.4 Å². The van der Waals surface area contributed by atoms with E-state index in [1.165, 1.54) is 29.5 Å². The van der Waals surface area contributed by atoms with Crippen molar-refractivity contribution in [2.75, 3.05) is 47.0 Å². The number of carbonyl (C=O) groups is 2. The first-order chi connectivity index (χ1) is 15.3. The van der Waals surface area contributed by atoms with Crippen LogP contribution < -0.4 is 9.47 Å². The molecule has 0 bridgehead atoms. The molecule has 3 rings (SSSR count). The van der Waals surface area contributed by atoms with Crippen LogP contribution in [0.4, 0.5) is 0 Å². The van der Waals surface area contributed by atoms with E-state index in [4.69, 9.17) is 14.2 Å². The third kappa shape index (κ3) is 5.20. The minimum absolute atomic E-state index is 0.169. The molecule has 1 aliphatic heterocycles. The lowest BCUT2D eigenvalue weighted by molar-refractivity contribution is -0.135. The SMILES string of the molecule is COc1ccc(C(=O)OCC(=O)N2CCN(S(=O)(=O)c3ccc(C)cc3)CC2)c(OC)c1. The third-order valence-electron chi connectivity index (χ3n) is 5.21. The lowest BCUT2D eigenvalue weighted by Crippen LogP contribution is -2.51. The van der Waals surface area contributed by atoms with Crippen molar-refractivity contribution in [3.05, 3.63) is 53.6 Å². The van der Waals surface area contributed by atoms with Gasteiger partial charge in [-0.2, -0.15) is 4.31 Å². The topological polar surface area (TPSA) is 102 Å². The molecule has 0 radical (unpaired) electrons. The normalized spacial score (nSPS) is 14.7. The van der Waals surface area contributed by atoms with Crippen LogP contribution in [0.5, 0.6) is 11.5 Å². The number of methoxy groups -OCH3 is 2. The Morgan fingerprint density at radius 1 is 0.938 bits per heavy atom. The molecule has 172 valence electrons. The fourth-order valence-corrected chi connectivity index (χ4v) is 4.72. The van der Waals surface area contributed by atoms with Gasteiger partial charge in [0.1, 0.15) is 17.1 Å². The van der Waals surface area contributed by atoms with Crippen molar-refractivity contribution < 1.29 is 32.2 Å². The Morgan fingerprint density at radius 3 is 2.19 bits per heavy atom. The summed E-state index contributed by atoms with van der Waals surface area (Å²) in [7, 11) is -0.703. The standard InChI is InChI=1S/C22H26N2O7S/c1-16-4-7-18(8-5-16)32(27,28)24-12-10-23(11-13-24)21(25)15-31-22(26)19-9-6-17(29-2)14-20(19)30-3/h4-9,14H,10-13,15H2,1-3H3. The van der Waals surface area contributed by atoms with Gasteiger partial charge in [-0.1, -0.05) is 17.7 Å². The Balaban J connectivity index is 1.55. The van der Waals surface area contributed by atoms with Crippen LogP contribution in [0.3, 0.4) is 0 Å². The first kappa shape index (κ1) is 23.6. The number of hydrogen-bond acceptors (Lipinski definition) is 7. The summed E-state index contributed by atoms with van der Waals surface area (Å²) < 4.78 is 42.4. The Hall–Kier alpha value is -3.11. The molecule has 0 spiro atoms. The van der Waals surface area contributed by atoms with E-state index in [1.54, 1.807) is 36.4 Å². The van der Waals surface area contributed by atoms with Gasteiger partial charge in [0.05, 0.1) is 19.1 Å². The summed E-state index contributed by atoms with van der Waals surface area (Å²) in [6, 6.07) is 11.3. The summed E-state index contributed by atoms with van der Waals surface area (Å²) >= 11 is 0. The molecule has 0 aliphatic carbocycles. The molecule has 0 unspecified atom stereocenters. The van der Waals surface area contributed by atoms with E-state index in [0.717, 1.165) is 5.56 Å². The van der Waals surface area contributed by atoms with Crippen LogP contribution in [0.25, 0.3) is 0 Å². The number of nitrogens with zero attached hydrogens (tertiary/aromatic N) is 2. The monoisotopic (exact) mass is 462 g/mol. The van der Waals surface area contributed by atoms with Crippen LogP contribution in [0, 0.1) is 6.92 Å². The van der Waals surface area contributed by atoms with Crippen molar-refractivity contribution in [3.8, 4) is 11.5 Å². The van der Waals surface area contributed by atoms with Crippen LogP contribution in [0.1, 0.15) is 15.9 Å². The van der Waals surface area contributed by atoms with E-state index in [2.05, 4.69) is 0 Å². The van der Waals surface area contributed by atoms with Gasteiger partial charge in [-0.25, -0.2) is 13.2 Å². The zero-order valence-electron chi connectivity index (χ0n) is 18.2. The van der Waals surface area contributed by atoms with Gasteiger partial charge in [-0.3, -0.25) is 4.79 Å². The molecule has 2 aromatic rings. The van der Waals surface area contributed by atoms with Crippen LogP contribution in [0.2, 0.25) is 0 Å². The molecule has 1 aliphatic rings. The number of ether oxygens (including phenoxy) is 3. The Bertz CT molecular complexity index is 1080. The van der Waals surface area contributed by atoms with Gasteiger partial charge in [0.25, 0.3) is 5.91 Å². The lowest BCUT2D eigenvalue weighted by atomic mass is 10.2. The molecule has 10 heteroatoms. The highest BCUT2D eigenvalue weighted by Gasteiger charge is 2.30. The zero-order chi connectivity index (χ0) is 23.3. The second-order valence-corrected chi connectivity index (χ2v) is 9.18. The molecule has 1 amide bonds. The first-order valence-corrected chi connectivity index (χ1v) is 11.4. The van der Waals surface area contributed by atoms with Gasteiger partial charge in [0, 0.05) is 32.2 Å². The number of carbonyl (C=O) groups excluding carboxylic acids is 2. The number of rotatable bonds is 7. The minimum atomic E-state index is -3.62. The van der Waals surface area contributed by atoms with Crippen molar-refractivity contribution in [2.24, 2.45) is 0 Å². The average molecular weight is 463 g/mol. The second-order valence-electron chi connectivity index (χ2n) is 7.24. The van der Waals surface area contributed by atoms with Crippen molar-refractivity contribution in [3.63, 3.8) is 0 Å². The van der Waals surface area contributed by atoms with Crippen LogP contribution in [-0.2, 0) is 19.6 Å². The van der Waals surface area contributed by atoms with Gasteiger partial charge < -0.3 is 19.1 Å². The summed E-state index contributed by atoms with van der Waals surface area (Å²) in [4.78, 5) is 26.6. The maximum atomic E-state index is 12.8. The molecule has 0 aromatic heterocycles. The molecule has 1 saturated heterocycles. The highest BCUT2D eigenvalue weighted by molar-refractivity contribution is 7.89. The predicted octanol–water partition coefficient (Wildman–Crippen LogP) is 1.70. The highest BCUT2D eigenvalue weighted by Crippen LogP contribution is 2.25. The molecule has 0 saturated carbocycles. The van der Waals surface area contributed by atoms with E-state index in [1.807, 2.05) is 6.92 Å². The fraction of sp³-hybridized carbons (Fsp3) is 0.364. The predicted molar refractivity (Wildman–Crippen MR) is 116 cm³/mol. The van der Waals surface area contributed by atoms with E-state index in [0.29, 0.717) is 5.75 Å². The van der Waals surface area contributed by atoms with Crippen molar-refractivity contribution in [1.29, 1.82) is 0 Å². The van der Waals surface area contributed by atoms with Gasteiger partial charge in [0.2, 0.25) is 10.0 Å². The molecule has 32 heavy (non-hydrogen) atoms. The maximum Gasteiger partial charge on any atom is 0.342 e.